The van der Waals surface area contributed by atoms with Gasteiger partial charge in [-0.25, -0.2) is 4.98 Å². The highest BCUT2D eigenvalue weighted by Gasteiger charge is 2.33. The quantitative estimate of drug-likeness (QED) is 0.740. The largest absolute Gasteiger partial charge is 0.465 e. The lowest BCUT2D eigenvalue weighted by atomic mass is 9.86. The minimum Gasteiger partial charge on any atom is -0.465 e. The molecule has 24 heavy (non-hydrogen) atoms. The molecule has 0 saturated heterocycles. The van der Waals surface area contributed by atoms with Crippen molar-refractivity contribution in [3.05, 3.63) is 35.9 Å². The van der Waals surface area contributed by atoms with Crippen LogP contribution in [0.3, 0.4) is 0 Å². The van der Waals surface area contributed by atoms with E-state index in [0.29, 0.717) is 17.5 Å². The predicted octanol–water partition coefficient (Wildman–Crippen LogP) is 3.19. The fourth-order valence-electron chi connectivity index (χ4n) is 2.47. The van der Waals surface area contributed by atoms with Crippen LogP contribution in [0.2, 0.25) is 0 Å². The van der Waals surface area contributed by atoms with Crippen LogP contribution < -0.4 is 5.32 Å². The van der Waals surface area contributed by atoms with Crippen molar-refractivity contribution in [2.45, 2.75) is 46.7 Å². The second-order valence-electron chi connectivity index (χ2n) is 6.93. The van der Waals surface area contributed by atoms with Crippen LogP contribution in [-0.2, 0) is 0 Å². The Hall–Kier alpha value is -2.48. The van der Waals surface area contributed by atoms with Crippen molar-refractivity contribution < 1.29 is 8.94 Å². The smallest absolute Gasteiger partial charge is 0.244 e. The lowest BCUT2D eigenvalue weighted by Gasteiger charge is -2.30. The van der Waals surface area contributed by atoms with E-state index in [9.17, 15) is 0 Å². The first-order valence-electron chi connectivity index (χ1n) is 7.86. The van der Waals surface area contributed by atoms with Crippen molar-refractivity contribution in [2.75, 3.05) is 0 Å². The second kappa shape index (κ2) is 6.20. The number of hydrogen-bond acceptors (Lipinski definition) is 7. The highest BCUT2D eigenvalue weighted by Crippen LogP contribution is 2.34. The van der Waals surface area contributed by atoms with Gasteiger partial charge in [0.1, 0.15) is 17.8 Å². The van der Waals surface area contributed by atoms with Gasteiger partial charge >= 0.3 is 0 Å². The number of nitrogens with zero attached hydrogens (tertiary/aromatic N) is 4. The van der Waals surface area contributed by atoms with Crippen LogP contribution in [0, 0.1) is 12.3 Å². The van der Waals surface area contributed by atoms with Gasteiger partial charge in [-0.1, -0.05) is 25.9 Å². The lowest BCUT2D eigenvalue weighted by molar-refractivity contribution is 0.193. The van der Waals surface area contributed by atoms with E-state index in [2.05, 4.69) is 51.4 Å². The van der Waals surface area contributed by atoms with E-state index in [1.807, 2.05) is 26.0 Å². The molecule has 8 nitrogen and oxygen atoms in total. The average Bonchev–Trinajstić information content (AvgIpc) is 3.23. The summed E-state index contributed by atoms with van der Waals surface area (Å²) in [5.41, 5.74) is -0.138. The molecular weight excluding hydrogens is 308 g/mol. The number of aryl methyl sites for hydroxylation is 1. The molecule has 0 aliphatic heterocycles. The molecule has 0 aromatic carbocycles. The fourth-order valence-corrected chi connectivity index (χ4v) is 2.47. The first kappa shape index (κ1) is 16.4. The molecule has 0 spiro atoms. The molecule has 0 unspecified atom stereocenters. The molecule has 2 N–H and O–H groups in total. The highest BCUT2D eigenvalue weighted by molar-refractivity contribution is 5.39. The summed E-state index contributed by atoms with van der Waals surface area (Å²) in [6.07, 6.45) is 1.41. The molecule has 0 saturated carbocycles. The monoisotopic (exact) mass is 330 g/mol. The summed E-state index contributed by atoms with van der Waals surface area (Å²) >= 11 is 0. The second-order valence-corrected chi connectivity index (χ2v) is 6.93. The number of hydrogen-bond donors (Lipinski definition) is 2. The van der Waals surface area contributed by atoms with Crippen LogP contribution in [0.4, 0.5) is 0 Å². The molecule has 3 heterocycles. The third kappa shape index (κ3) is 3.38. The van der Waals surface area contributed by atoms with E-state index >= 15 is 0 Å². The van der Waals surface area contributed by atoms with Gasteiger partial charge in [-0.2, -0.15) is 10.1 Å². The van der Waals surface area contributed by atoms with Gasteiger partial charge in [0.2, 0.25) is 11.7 Å². The van der Waals surface area contributed by atoms with Gasteiger partial charge in [-0.05, 0) is 31.4 Å². The van der Waals surface area contributed by atoms with Gasteiger partial charge in [0.25, 0.3) is 0 Å². The van der Waals surface area contributed by atoms with Crippen LogP contribution in [0.1, 0.15) is 57.2 Å². The summed E-state index contributed by atoms with van der Waals surface area (Å²) < 4.78 is 11.2. The molecular formula is C16H22N6O2. The van der Waals surface area contributed by atoms with Crippen molar-refractivity contribution >= 4 is 0 Å². The number of aromatic amines is 1. The fraction of sp³-hybridized carbons (Fsp3) is 0.500. The van der Waals surface area contributed by atoms with E-state index < -0.39 is 0 Å². The van der Waals surface area contributed by atoms with Crippen molar-refractivity contribution in [3.63, 3.8) is 0 Å². The molecule has 0 aliphatic carbocycles. The number of nitrogens with one attached hydrogen (secondary N) is 2. The van der Waals surface area contributed by atoms with Crippen LogP contribution >= 0.6 is 0 Å². The topological polar surface area (TPSA) is 106 Å². The molecule has 8 heteroatoms. The van der Waals surface area contributed by atoms with E-state index in [1.54, 1.807) is 0 Å². The Kier molecular flexibility index (Phi) is 4.23. The maximum atomic E-state index is 5.71. The Morgan fingerprint density at radius 2 is 2.04 bits per heavy atom. The van der Waals surface area contributed by atoms with Gasteiger partial charge in [0.15, 0.2) is 5.82 Å². The molecule has 0 radical (unpaired) electrons. The molecule has 2 atom stereocenters. The summed E-state index contributed by atoms with van der Waals surface area (Å²) in [6, 6.07) is 3.78. The third-order valence-electron chi connectivity index (χ3n) is 3.79. The first-order chi connectivity index (χ1) is 11.3. The predicted molar refractivity (Wildman–Crippen MR) is 86.9 cm³/mol. The molecule has 3 aromatic rings. The Morgan fingerprint density at radius 3 is 2.62 bits per heavy atom. The minimum atomic E-state index is -0.151. The van der Waals surface area contributed by atoms with Crippen LogP contribution in [0.25, 0.3) is 11.6 Å². The van der Waals surface area contributed by atoms with E-state index in [1.165, 1.54) is 6.33 Å². The van der Waals surface area contributed by atoms with E-state index in [-0.39, 0.29) is 17.5 Å². The van der Waals surface area contributed by atoms with Crippen molar-refractivity contribution in [1.29, 1.82) is 0 Å². The number of rotatable bonds is 5. The maximum Gasteiger partial charge on any atom is 0.244 e. The van der Waals surface area contributed by atoms with Gasteiger partial charge in [0, 0.05) is 0 Å². The highest BCUT2D eigenvalue weighted by atomic mass is 16.5. The Morgan fingerprint density at radius 1 is 1.25 bits per heavy atom. The number of H-pyrrole nitrogens is 1. The molecule has 0 bridgehead atoms. The van der Waals surface area contributed by atoms with Crippen LogP contribution in [0.15, 0.2) is 27.4 Å². The Bertz CT molecular complexity index is 784. The molecule has 128 valence electrons. The Balaban J connectivity index is 1.85. The third-order valence-corrected chi connectivity index (χ3v) is 3.79. The zero-order valence-electron chi connectivity index (χ0n) is 14.5. The van der Waals surface area contributed by atoms with Crippen LogP contribution in [0.5, 0.6) is 0 Å². The van der Waals surface area contributed by atoms with Gasteiger partial charge in [-0.3, -0.25) is 10.4 Å². The van der Waals surface area contributed by atoms with Crippen molar-refractivity contribution in [1.82, 2.24) is 30.6 Å². The standard InChI is InChI=1S/C16H22N6O2/c1-9-6-7-11(23-9)10(2)19-12(16(3,4)5)15-20-14(22-24-15)13-17-8-18-21-13/h6-8,10,12,19H,1-5H3,(H,17,18,21)/t10-,12-/m0/s1. The SMILES string of the molecule is Cc1ccc([C@H](C)N[C@@H](c2nc(-c3ncn[nH]3)no2)C(C)(C)C)o1. The average molecular weight is 330 g/mol. The van der Waals surface area contributed by atoms with E-state index in [0.717, 1.165) is 11.5 Å². The van der Waals surface area contributed by atoms with Gasteiger partial charge < -0.3 is 8.94 Å². The van der Waals surface area contributed by atoms with Gasteiger partial charge in [0.05, 0.1) is 12.1 Å². The van der Waals surface area contributed by atoms with Gasteiger partial charge in [-0.15, -0.1) is 0 Å². The zero-order valence-corrected chi connectivity index (χ0v) is 14.5. The minimum absolute atomic E-state index is 0.00329. The normalized spacial score (nSPS) is 14.7. The summed E-state index contributed by atoms with van der Waals surface area (Å²) in [5, 5.41) is 14.1. The zero-order chi connectivity index (χ0) is 17.3. The lowest BCUT2D eigenvalue weighted by Crippen LogP contribution is -2.34. The Labute approximate surface area is 140 Å². The maximum absolute atomic E-state index is 5.71. The van der Waals surface area contributed by atoms with Crippen molar-refractivity contribution in [3.8, 4) is 11.6 Å². The van der Waals surface area contributed by atoms with Crippen LogP contribution in [-0.4, -0.2) is 25.3 Å². The first-order valence-corrected chi connectivity index (χ1v) is 7.86. The van der Waals surface area contributed by atoms with E-state index in [4.69, 9.17) is 8.94 Å². The molecule has 0 aliphatic rings. The number of furan rings is 1. The summed E-state index contributed by atoms with van der Waals surface area (Å²) in [7, 11) is 0. The number of aromatic nitrogens is 5. The summed E-state index contributed by atoms with van der Waals surface area (Å²) in [5.74, 6) is 3.13. The summed E-state index contributed by atoms with van der Waals surface area (Å²) in [6.45, 7) is 10.3. The molecule has 3 rings (SSSR count). The summed E-state index contributed by atoms with van der Waals surface area (Å²) in [4.78, 5) is 8.51. The molecule has 3 aromatic heterocycles. The molecule has 0 amide bonds. The molecule has 0 fully saturated rings. The van der Waals surface area contributed by atoms with Crippen molar-refractivity contribution in [2.24, 2.45) is 5.41 Å².